The predicted molar refractivity (Wildman–Crippen MR) is 416 cm³/mol. The largest absolute Gasteiger partial charge is 0.497 e. The van der Waals surface area contributed by atoms with Crippen LogP contribution in [0.5, 0.6) is 17.2 Å². The molecule has 6 N–H and O–H groups in total. The van der Waals surface area contributed by atoms with Crippen molar-refractivity contribution in [3.63, 3.8) is 0 Å². The number of methoxy groups -OCH3 is 3. The van der Waals surface area contributed by atoms with Gasteiger partial charge in [-0.1, -0.05) is 91.0 Å². The minimum Gasteiger partial charge on any atom is -0.497 e. The maximum Gasteiger partial charge on any atom is 0.356 e. The number of carboxylic acids is 1. The molecular formula is C81H100ClFN12O9S2. The summed E-state index contributed by atoms with van der Waals surface area (Å²) in [6.07, 6.45) is 14.1. The van der Waals surface area contributed by atoms with Gasteiger partial charge in [0.15, 0.2) is 17.1 Å². The number of hydrogen-bond donors (Lipinski definition) is 5. The lowest BCUT2D eigenvalue weighted by molar-refractivity contribution is 0.0519. The van der Waals surface area contributed by atoms with E-state index in [1.54, 1.807) is 55.1 Å². The van der Waals surface area contributed by atoms with Gasteiger partial charge in [0.25, 0.3) is 11.8 Å². The van der Waals surface area contributed by atoms with Gasteiger partial charge in [0.1, 0.15) is 17.2 Å². The summed E-state index contributed by atoms with van der Waals surface area (Å²) >= 11 is 0. The molecule has 6 aromatic carbocycles. The van der Waals surface area contributed by atoms with Crippen LogP contribution in [0.25, 0.3) is 17.1 Å². The molecule has 25 heteroatoms. The van der Waals surface area contributed by atoms with Crippen LogP contribution in [0, 0.1) is 16.2 Å². The van der Waals surface area contributed by atoms with Gasteiger partial charge in [-0.05, 0) is 217 Å². The van der Waals surface area contributed by atoms with Crippen molar-refractivity contribution < 1.29 is 46.5 Å². The number of carbonyl (C=O) groups excluding carboxylic acids is 2. The number of piperidine rings is 3. The zero-order valence-electron chi connectivity index (χ0n) is 62.1. The predicted octanol–water partition coefficient (Wildman–Crippen LogP) is 13.1. The molecule has 9 aromatic rings. The maximum absolute atomic E-state index is 13.3. The topological polar surface area (TPSA) is 255 Å². The average molecular weight is 1500 g/mol. The molecule has 3 aliphatic heterocycles. The van der Waals surface area contributed by atoms with E-state index in [-0.39, 0.29) is 73.8 Å². The van der Waals surface area contributed by atoms with Crippen molar-refractivity contribution in [2.45, 2.75) is 127 Å². The fourth-order valence-corrected chi connectivity index (χ4v) is 17.2. The first-order valence-electron chi connectivity index (χ1n) is 35.8. The number of amides is 2. The van der Waals surface area contributed by atoms with Crippen molar-refractivity contribution >= 4 is 52.2 Å². The van der Waals surface area contributed by atoms with Crippen molar-refractivity contribution in [2.75, 3.05) is 67.8 Å². The number of likely N-dealkylation sites (tertiary alicyclic amines) is 2. The molecule has 21 nitrogen and oxygen atoms in total. The lowest BCUT2D eigenvalue weighted by atomic mass is 9.73. The van der Waals surface area contributed by atoms with E-state index in [9.17, 15) is 27.2 Å². The number of benzene rings is 6. The summed E-state index contributed by atoms with van der Waals surface area (Å²) in [6, 6.07) is 53.4. The zero-order valence-corrected chi connectivity index (χ0v) is 64.6. The van der Waals surface area contributed by atoms with Crippen LogP contribution in [0.4, 0.5) is 4.39 Å². The number of aromatic carboxylic acids is 1. The van der Waals surface area contributed by atoms with Crippen molar-refractivity contribution in [1.82, 2.24) is 53.9 Å². The summed E-state index contributed by atoms with van der Waals surface area (Å²) in [5.41, 5.74) is 18.3. The summed E-state index contributed by atoms with van der Waals surface area (Å²) in [7, 11) is 3.12. The van der Waals surface area contributed by atoms with Crippen molar-refractivity contribution in [1.29, 1.82) is 0 Å². The van der Waals surface area contributed by atoms with Gasteiger partial charge in [-0.25, -0.2) is 36.7 Å². The van der Waals surface area contributed by atoms with Gasteiger partial charge in [-0.15, -0.1) is 12.4 Å². The number of ether oxygens (including phenoxy) is 3. The van der Waals surface area contributed by atoms with Crippen LogP contribution in [0.1, 0.15) is 163 Å². The van der Waals surface area contributed by atoms with Crippen LogP contribution in [-0.4, -0.2) is 148 Å². The van der Waals surface area contributed by atoms with Gasteiger partial charge in [0.2, 0.25) is 0 Å². The van der Waals surface area contributed by atoms with Crippen LogP contribution >= 0.6 is 12.4 Å². The van der Waals surface area contributed by atoms with E-state index in [1.807, 2.05) is 130 Å². The van der Waals surface area contributed by atoms with E-state index >= 15 is 0 Å². The third-order valence-corrected chi connectivity index (χ3v) is 24.4. The highest BCUT2D eigenvalue weighted by atomic mass is 35.5. The number of hydrogen-bond acceptors (Lipinski definition) is 13. The Kier molecular flexibility index (Phi) is 25.8. The fourth-order valence-electron chi connectivity index (χ4n) is 15.3. The monoisotopic (exact) mass is 1500 g/mol. The van der Waals surface area contributed by atoms with E-state index in [1.165, 1.54) is 44.1 Å². The Morgan fingerprint density at radius 1 is 0.491 bits per heavy atom. The van der Waals surface area contributed by atoms with Gasteiger partial charge in [-0.3, -0.25) is 14.0 Å². The highest BCUT2D eigenvalue weighted by molar-refractivity contribution is 7.84. The molecule has 3 saturated heterocycles. The van der Waals surface area contributed by atoms with Crippen LogP contribution < -0.4 is 34.7 Å². The van der Waals surface area contributed by atoms with Crippen LogP contribution in [0.2, 0.25) is 0 Å². The molecule has 0 saturated carbocycles. The number of nitrogens with one attached hydrogen (secondary N) is 3. The van der Waals surface area contributed by atoms with Crippen LogP contribution in [-0.2, 0) is 41.2 Å². The molecule has 2 amide bonds. The van der Waals surface area contributed by atoms with Gasteiger partial charge >= 0.3 is 5.97 Å². The Morgan fingerprint density at radius 2 is 0.821 bits per heavy atom. The molecular weight excluding hydrogens is 1400 g/mol. The lowest BCUT2D eigenvalue weighted by Gasteiger charge is -2.43. The normalized spacial score (nSPS) is 19.0. The third-order valence-electron chi connectivity index (χ3n) is 21.3. The van der Waals surface area contributed by atoms with Crippen molar-refractivity contribution in [2.24, 2.45) is 22.0 Å². The number of nitrogens with two attached hydrogens (primary N) is 1. The molecule has 3 fully saturated rings. The second kappa shape index (κ2) is 34.3. The Morgan fingerprint density at radius 3 is 1.18 bits per heavy atom. The molecule has 0 unspecified atom stereocenters. The summed E-state index contributed by atoms with van der Waals surface area (Å²) in [5.74, 6) is 1.09. The van der Waals surface area contributed by atoms with Gasteiger partial charge in [0.05, 0.1) is 89.1 Å². The number of halogens is 2. The number of carbonyl (C=O) groups is 3. The molecule has 5 atom stereocenters. The molecule has 564 valence electrons. The zero-order chi connectivity index (χ0) is 74.8. The molecule has 3 spiro atoms. The summed E-state index contributed by atoms with van der Waals surface area (Å²) in [6.45, 7) is 16.9. The van der Waals surface area contributed by atoms with E-state index in [0.29, 0.717) is 50.5 Å². The average Bonchev–Trinajstić information content (AvgIpc) is 1.60. The Bertz CT molecular complexity index is 4550. The minimum atomic E-state index is -1.18. The quantitative estimate of drug-likeness (QED) is 0.0720. The Hall–Kier alpha value is -8.88. The van der Waals surface area contributed by atoms with Gasteiger partial charge in [-0.2, -0.15) is 15.3 Å². The first kappa shape index (κ1) is 79.7. The molecule has 0 bridgehead atoms. The maximum atomic E-state index is 13.3. The molecule has 106 heavy (non-hydrogen) atoms. The standard InChI is InChI=1S/C28H34N4O3S.C24H26N4O2.C17H26N2OS.C11H10N2O3.CH3F.ClH/c1-27(2,3)36(34)30-25-23-11-6-5-8-20(23)19-28(25)13-16-31(17-14-28)26(33)24-12-15-32(29-24)21-9-7-10-22(18-21)35-4;1-30-19-7-4-6-18(15-19)28-12-9-21(26-28)23(29)27-13-10-24(11-14-27)16-17-5-2-3-8-20(17)22(24)25;1-16(2,3)21(20)19-15-14-7-5-4-6-13(14)12-17(15)8-10-18-11-9-17;1-16-9-4-2-3-8(7-9)13-6-5-10(12-13)11(14)15;1-2;/h5-12,15,18,25,30H,13-14,16-17,19H2,1-4H3;2-9,12,15,22H,10-11,13-14,16,25H2,1H3;4-7,15,18-19H,8-12H2,1-3H3;2-7H,1H3,(H,14,15);1H3;1H/t25-,36-;22-;15-,21-;;;/m111.../s1. The van der Waals surface area contributed by atoms with E-state index in [4.69, 9.17) is 25.1 Å². The Balaban J connectivity index is 0.000000156. The fraction of sp³-hybridized carbons (Fsp3) is 0.407. The van der Waals surface area contributed by atoms with Crippen LogP contribution in [0.3, 0.4) is 0 Å². The summed E-state index contributed by atoms with van der Waals surface area (Å²) in [5, 5.41) is 25.2. The van der Waals surface area contributed by atoms with Crippen LogP contribution in [0.15, 0.2) is 182 Å². The number of aromatic nitrogens is 6. The number of nitrogens with zero attached hydrogens (tertiary/aromatic N) is 8. The molecule has 6 aliphatic rings. The van der Waals surface area contributed by atoms with Crippen molar-refractivity contribution in [3.8, 4) is 34.3 Å². The van der Waals surface area contributed by atoms with Gasteiger partial charge in [0, 0.05) is 69.0 Å². The van der Waals surface area contributed by atoms with E-state index in [0.717, 1.165) is 99.4 Å². The molecule has 6 heterocycles. The smallest absolute Gasteiger partial charge is 0.356 e. The highest BCUT2D eigenvalue weighted by Crippen LogP contribution is 2.54. The third kappa shape index (κ3) is 17.7. The number of alkyl halides is 1. The first-order chi connectivity index (χ1) is 50.4. The molecule has 3 aliphatic carbocycles. The lowest BCUT2D eigenvalue weighted by Crippen LogP contribution is -2.49. The van der Waals surface area contributed by atoms with Gasteiger partial charge < -0.3 is 40.2 Å². The van der Waals surface area contributed by atoms with E-state index < -0.39 is 27.9 Å². The van der Waals surface area contributed by atoms with Crippen molar-refractivity contribution in [3.05, 3.63) is 233 Å². The SMILES string of the molecule is CC(C)(C)[S@@](=O)N[C@@H]1c2ccccc2CC12CCNCC2.CF.COc1cccc(-n2ccc(C(=O)N3CCC4(CC3)Cc3ccccc3[C@H]4N)n2)c1.COc1cccc(-n2ccc(C(=O)N3CCC4(CC3)Cc3ccccc3[C@H]4N[S@](=O)C(C)(C)C)n2)c1.COc1cccc(-n2ccc(C(=O)O)n2)c1.Cl. The highest BCUT2D eigenvalue weighted by Gasteiger charge is 2.51. The molecule has 0 radical (unpaired) electrons. The number of carboxylic acid groups (broad SMARTS) is 1. The van der Waals surface area contributed by atoms with E-state index in [2.05, 4.69) is 103 Å². The second-order valence-corrected chi connectivity index (χ2v) is 33.7. The number of fused-ring (bicyclic) bond motifs is 3. The summed E-state index contributed by atoms with van der Waals surface area (Å²) < 4.78 is 62.2. The summed E-state index contributed by atoms with van der Waals surface area (Å²) in [4.78, 5) is 40.9. The molecule has 3 aromatic heterocycles. The molecule has 15 rings (SSSR count). The minimum absolute atomic E-state index is 0. The first-order valence-corrected chi connectivity index (χ1v) is 38.1. The Labute approximate surface area is 632 Å². The second-order valence-electron chi connectivity index (χ2n) is 29.7. The number of rotatable bonds is 13.